The van der Waals surface area contributed by atoms with Gasteiger partial charge >= 0.3 is 5.97 Å². The molecule has 7 rings (SSSR count). The normalized spacial score (nSPS) is 16.0. The topological polar surface area (TPSA) is 50.8 Å². The number of hydrogen-bond donors (Lipinski definition) is 1. The van der Waals surface area contributed by atoms with E-state index in [-0.39, 0.29) is 5.97 Å². The molecule has 1 unspecified atom stereocenters. The molecule has 0 amide bonds. The summed E-state index contributed by atoms with van der Waals surface area (Å²) in [4.78, 5) is 15.7. The molecule has 0 saturated carbocycles. The van der Waals surface area contributed by atoms with Gasteiger partial charge in [-0.3, -0.25) is 0 Å². The van der Waals surface area contributed by atoms with Crippen molar-refractivity contribution in [1.82, 2.24) is 0 Å². The van der Waals surface area contributed by atoms with Gasteiger partial charge in [-0.05, 0) is 98.0 Å². The Hall–Kier alpha value is -5.03. The zero-order valence-corrected chi connectivity index (χ0v) is 25.6. The number of rotatable bonds is 7. The Morgan fingerprint density at radius 1 is 0.705 bits per heavy atom. The number of anilines is 4. The van der Waals surface area contributed by atoms with E-state index in [0.29, 0.717) is 17.1 Å². The number of benzene rings is 5. The van der Waals surface area contributed by atoms with E-state index in [9.17, 15) is 4.79 Å². The van der Waals surface area contributed by atoms with E-state index in [4.69, 9.17) is 9.47 Å². The first kappa shape index (κ1) is 27.8. The number of fused-ring (bicyclic) bond motifs is 6. The highest BCUT2D eigenvalue weighted by Crippen LogP contribution is 2.57. The van der Waals surface area contributed by atoms with Crippen molar-refractivity contribution in [3.63, 3.8) is 0 Å². The molecule has 5 aromatic carbocycles. The minimum atomic E-state index is -1.13. The number of nitrogens with one attached hydrogen (secondary N) is 1. The molecule has 0 fully saturated rings. The molecule has 5 heteroatoms. The van der Waals surface area contributed by atoms with E-state index in [1.165, 1.54) is 11.1 Å². The van der Waals surface area contributed by atoms with Crippen molar-refractivity contribution < 1.29 is 14.3 Å². The van der Waals surface area contributed by atoms with Crippen LogP contribution < -0.4 is 15.0 Å². The highest BCUT2D eigenvalue weighted by molar-refractivity contribution is 5.97. The largest absolute Gasteiger partial charge is 0.456 e. The van der Waals surface area contributed by atoms with Crippen LogP contribution in [0, 0.1) is 6.92 Å². The summed E-state index contributed by atoms with van der Waals surface area (Å²) < 4.78 is 13.2. The van der Waals surface area contributed by atoms with Crippen LogP contribution in [0.15, 0.2) is 103 Å². The number of carbonyl (C=O) groups excluding carboxylic acids is 1. The number of esters is 1. The quantitative estimate of drug-likeness (QED) is 0.194. The smallest absolute Gasteiger partial charge is 0.340 e. The molecule has 5 nitrogen and oxygen atoms in total. The Balaban J connectivity index is 1.37. The van der Waals surface area contributed by atoms with Gasteiger partial charge in [0.2, 0.25) is 0 Å². The number of nitrogens with zero attached hydrogens (tertiary/aromatic N) is 1. The van der Waals surface area contributed by atoms with Crippen molar-refractivity contribution in [3.8, 4) is 11.5 Å². The fourth-order valence-corrected chi connectivity index (χ4v) is 6.52. The molecule has 0 radical (unpaired) electrons. The molecule has 0 aromatic heterocycles. The third-order valence-electron chi connectivity index (χ3n) is 8.97. The van der Waals surface area contributed by atoms with Gasteiger partial charge < -0.3 is 19.7 Å². The lowest BCUT2D eigenvalue weighted by Gasteiger charge is -2.38. The third-order valence-corrected chi connectivity index (χ3v) is 8.97. The van der Waals surface area contributed by atoms with Crippen LogP contribution in [0.4, 0.5) is 22.7 Å². The lowest BCUT2D eigenvalue weighted by molar-refractivity contribution is 0.0224. The maximum absolute atomic E-state index is 13.4. The molecule has 1 atom stereocenters. The van der Waals surface area contributed by atoms with Gasteiger partial charge in [-0.15, -0.1) is 0 Å². The van der Waals surface area contributed by atoms with Crippen LogP contribution in [0.5, 0.6) is 11.5 Å². The summed E-state index contributed by atoms with van der Waals surface area (Å²) in [5.41, 5.74) is 9.57. The Kier molecular flexibility index (Phi) is 6.89. The standard InChI is InChI=1S/C39H36N2O3/c1-5-26-12-16-28(17-13-26)40-35-24-34-36(22-25(35)4)43-37-23-30(41(7-3)29-18-14-27(6-2)15-19-29)20-21-33(37)39(34)32-11-9-8-10-31(32)38(42)44-39/h8-24,40H,5-7H2,1-4H3. The molecular weight excluding hydrogens is 544 g/mol. The van der Waals surface area contributed by atoms with E-state index in [0.717, 1.165) is 64.4 Å². The van der Waals surface area contributed by atoms with Crippen LogP contribution in [0.2, 0.25) is 0 Å². The van der Waals surface area contributed by atoms with Gasteiger partial charge in [0.1, 0.15) is 11.5 Å². The molecule has 0 saturated heterocycles. The van der Waals surface area contributed by atoms with Crippen molar-refractivity contribution >= 4 is 28.7 Å². The van der Waals surface area contributed by atoms with Gasteiger partial charge in [0.25, 0.3) is 0 Å². The second kappa shape index (κ2) is 10.9. The summed E-state index contributed by atoms with van der Waals surface area (Å²) >= 11 is 0. The monoisotopic (exact) mass is 580 g/mol. The molecule has 1 spiro atoms. The molecule has 0 bridgehead atoms. The van der Waals surface area contributed by atoms with Gasteiger partial charge in [0.15, 0.2) is 5.60 Å². The molecule has 5 aromatic rings. The third kappa shape index (κ3) is 4.43. The molecule has 1 N–H and O–H groups in total. The molecule has 2 aliphatic rings. The van der Waals surface area contributed by atoms with E-state index in [1.54, 1.807) is 0 Å². The Morgan fingerprint density at radius 2 is 1.36 bits per heavy atom. The van der Waals surface area contributed by atoms with Crippen molar-refractivity contribution in [2.45, 2.75) is 46.1 Å². The lowest BCUT2D eigenvalue weighted by Crippen LogP contribution is -2.33. The predicted octanol–water partition coefficient (Wildman–Crippen LogP) is 9.59. The Morgan fingerprint density at radius 3 is 2.07 bits per heavy atom. The van der Waals surface area contributed by atoms with E-state index >= 15 is 0 Å². The fourth-order valence-electron chi connectivity index (χ4n) is 6.52. The summed E-state index contributed by atoms with van der Waals surface area (Å²) in [5, 5.41) is 3.59. The zero-order chi connectivity index (χ0) is 30.4. The van der Waals surface area contributed by atoms with Crippen LogP contribution in [-0.2, 0) is 23.2 Å². The highest BCUT2D eigenvalue weighted by atomic mass is 16.6. The Bertz CT molecular complexity index is 1880. The molecule has 0 aliphatic carbocycles. The van der Waals surface area contributed by atoms with Crippen LogP contribution in [0.3, 0.4) is 0 Å². The summed E-state index contributed by atoms with van der Waals surface area (Å²) in [6, 6.07) is 35.2. The van der Waals surface area contributed by atoms with Crippen molar-refractivity contribution in [3.05, 3.63) is 142 Å². The number of hydrogen-bond acceptors (Lipinski definition) is 5. The zero-order valence-electron chi connectivity index (χ0n) is 25.6. The fraction of sp³-hybridized carbons (Fsp3) is 0.205. The summed E-state index contributed by atoms with van der Waals surface area (Å²) in [6.07, 6.45) is 1.99. The van der Waals surface area contributed by atoms with Gasteiger partial charge in [-0.2, -0.15) is 0 Å². The van der Waals surface area contributed by atoms with Crippen molar-refractivity contribution in [2.24, 2.45) is 0 Å². The lowest BCUT2D eigenvalue weighted by atomic mass is 9.77. The van der Waals surface area contributed by atoms with Gasteiger partial charge in [-0.1, -0.05) is 56.3 Å². The number of carbonyl (C=O) groups is 1. The summed E-state index contributed by atoms with van der Waals surface area (Å²) in [7, 11) is 0. The van der Waals surface area contributed by atoms with Crippen LogP contribution >= 0.6 is 0 Å². The second-order valence-corrected chi connectivity index (χ2v) is 11.5. The number of ether oxygens (including phenoxy) is 2. The molecule has 2 aliphatic heterocycles. The maximum atomic E-state index is 13.4. The average molecular weight is 581 g/mol. The molecule has 220 valence electrons. The van der Waals surface area contributed by atoms with E-state index in [2.05, 4.69) is 111 Å². The van der Waals surface area contributed by atoms with Crippen LogP contribution in [-0.4, -0.2) is 12.5 Å². The Labute approximate surface area is 259 Å². The minimum absolute atomic E-state index is 0.333. The first-order valence-corrected chi connectivity index (χ1v) is 15.5. The molecule has 2 heterocycles. The first-order valence-electron chi connectivity index (χ1n) is 15.5. The van der Waals surface area contributed by atoms with Gasteiger partial charge in [-0.25, -0.2) is 4.79 Å². The average Bonchev–Trinajstić information content (AvgIpc) is 3.35. The first-order chi connectivity index (χ1) is 21.4. The van der Waals surface area contributed by atoms with Crippen molar-refractivity contribution in [2.75, 3.05) is 16.8 Å². The van der Waals surface area contributed by atoms with E-state index in [1.807, 2.05) is 30.3 Å². The van der Waals surface area contributed by atoms with Gasteiger partial charge in [0.05, 0.1) is 5.56 Å². The molecular formula is C39H36N2O3. The summed E-state index contributed by atoms with van der Waals surface area (Å²) in [6.45, 7) is 9.32. The minimum Gasteiger partial charge on any atom is -0.456 e. The van der Waals surface area contributed by atoms with Crippen LogP contribution in [0.1, 0.15) is 64.5 Å². The number of aryl methyl sites for hydroxylation is 3. The second-order valence-electron chi connectivity index (χ2n) is 11.5. The maximum Gasteiger partial charge on any atom is 0.340 e. The predicted molar refractivity (Wildman–Crippen MR) is 177 cm³/mol. The SMILES string of the molecule is CCc1ccc(Nc2cc3c(cc2C)Oc2cc(N(CC)c4ccc(CC)cc4)ccc2C32OC(=O)c3ccccc32)cc1. The molecule has 44 heavy (non-hydrogen) atoms. The van der Waals surface area contributed by atoms with Crippen molar-refractivity contribution in [1.29, 1.82) is 0 Å². The highest BCUT2D eigenvalue weighted by Gasteiger charge is 2.53. The summed E-state index contributed by atoms with van der Waals surface area (Å²) in [5.74, 6) is 1.03. The van der Waals surface area contributed by atoms with Gasteiger partial charge in [0, 0.05) is 52.1 Å². The van der Waals surface area contributed by atoms with E-state index < -0.39 is 5.60 Å². The van der Waals surface area contributed by atoms with Crippen LogP contribution in [0.25, 0.3) is 0 Å².